The van der Waals surface area contributed by atoms with Crippen LogP contribution >= 0.6 is 0 Å². The van der Waals surface area contributed by atoms with E-state index in [0.29, 0.717) is 19.4 Å². The molecule has 0 aromatic heterocycles. The van der Waals surface area contributed by atoms with Gasteiger partial charge in [-0.05, 0) is 12.8 Å². The first-order valence-corrected chi connectivity index (χ1v) is 4.89. The predicted molar refractivity (Wildman–Crippen MR) is 52.8 cm³/mol. The zero-order valence-electron chi connectivity index (χ0n) is 8.93. The highest BCUT2D eigenvalue weighted by Crippen LogP contribution is 2.11. The largest absolute Gasteiger partial charge is 0.480 e. The molecular weight excluding hydrogens is 216 g/mol. The van der Waals surface area contributed by atoms with Crippen LogP contribution in [0.4, 0.5) is 4.79 Å². The smallest absolute Gasteiger partial charge is 0.407 e. The summed E-state index contributed by atoms with van der Waals surface area (Å²) in [5, 5.41) is 11.0. The van der Waals surface area contributed by atoms with Gasteiger partial charge in [-0.1, -0.05) is 0 Å². The van der Waals surface area contributed by atoms with Gasteiger partial charge in [-0.3, -0.25) is 9.59 Å². The summed E-state index contributed by atoms with van der Waals surface area (Å²) in [6.45, 7) is 0.0721. The minimum atomic E-state index is -1.06. The molecule has 0 unspecified atom stereocenters. The van der Waals surface area contributed by atoms with Crippen molar-refractivity contribution < 1.29 is 24.2 Å². The Bertz CT molecular complexity index is 304. The Kier molecular flexibility index (Phi) is 4.10. The van der Waals surface area contributed by atoms with E-state index in [-0.39, 0.29) is 12.5 Å². The predicted octanol–water partition coefficient (Wildman–Crippen LogP) is -0.582. The summed E-state index contributed by atoms with van der Waals surface area (Å²) in [6, 6.07) is -0.680. The first-order chi connectivity index (χ1) is 7.54. The number of nitrogens with one attached hydrogen (secondary N) is 1. The number of methoxy groups -OCH3 is 1. The molecule has 1 fully saturated rings. The lowest BCUT2D eigenvalue weighted by Crippen LogP contribution is -2.53. The minimum absolute atomic E-state index is 0.335. The first-order valence-electron chi connectivity index (χ1n) is 4.89. The Balaban J connectivity index is 2.56. The molecule has 0 saturated carbocycles. The highest BCUT2D eigenvalue weighted by atomic mass is 16.5. The van der Waals surface area contributed by atoms with E-state index >= 15 is 0 Å². The van der Waals surface area contributed by atoms with Gasteiger partial charge in [-0.25, -0.2) is 4.79 Å². The summed E-state index contributed by atoms with van der Waals surface area (Å²) in [5.74, 6) is -1.44. The van der Waals surface area contributed by atoms with Crippen molar-refractivity contribution in [1.29, 1.82) is 0 Å². The van der Waals surface area contributed by atoms with Crippen molar-refractivity contribution in [3.63, 3.8) is 0 Å². The highest BCUT2D eigenvalue weighted by Gasteiger charge is 2.30. The number of carboxylic acid groups (broad SMARTS) is 1. The standard InChI is InChI=1S/C9H14N2O5/c1-16-9(15)10-6-3-2-4-11(8(6)14)5-7(12)13/h6H,2-5H2,1H3,(H,10,15)(H,12,13)/t6-/m1/s1. The SMILES string of the molecule is COC(=O)N[C@@H]1CCCN(CC(=O)O)C1=O. The number of carbonyl (C=O) groups excluding carboxylic acids is 2. The number of hydrogen-bond acceptors (Lipinski definition) is 4. The molecule has 0 aromatic carbocycles. The molecule has 7 nitrogen and oxygen atoms in total. The molecule has 1 saturated heterocycles. The highest BCUT2D eigenvalue weighted by molar-refractivity contribution is 5.88. The number of nitrogens with zero attached hydrogens (tertiary/aromatic N) is 1. The number of piperidine rings is 1. The van der Waals surface area contributed by atoms with E-state index in [2.05, 4.69) is 10.1 Å². The van der Waals surface area contributed by atoms with Gasteiger partial charge < -0.3 is 20.1 Å². The second-order valence-electron chi connectivity index (χ2n) is 3.48. The lowest BCUT2D eigenvalue weighted by atomic mass is 10.1. The van der Waals surface area contributed by atoms with Crippen LogP contribution in [0.5, 0.6) is 0 Å². The molecule has 0 spiro atoms. The molecule has 0 aliphatic carbocycles. The number of rotatable bonds is 3. The maximum atomic E-state index is 11.7. The van der Waals surface area contributed by atoms with Crippen LogP contribution in [0.1, 0.15) is 12.8 Å². The third-order valence-corrected chi connectivity index (χ3v) is 2.33. The van der Waals surface area contributed by atoms with E-state index in [1.165, 1.54) is 12.0 Å². The van der Waals surface area contributed by atoms with E-state index in [0.717, 1.165) is 0 Å². The normalized spacial score (nSPS) is 20.4. The van der Waals surface area contributed by atoms with Gasteiger partial charge in [0.15, 0.2) is 0 Å². The molecule has 90 valence electrons. The van der Waals surface area contributed by atoms with Gasteiger partial charge in [0.1, 0.15) is 12.6 Å². The summed E-state index contributed by atoms with van der Waals surface area (Å²) >= 11 is 0. The van der Waals surface area contributed by atoms with Crippen molar-refractivity contribution in [3.8, 4) is 0 Å². The van der Waals surface area contributed by atoms with Crippen LogP contribution in [0, 0.1) is 0 Å². The van der Waals surface area contributed by atoms with Crippen LogP contribution in [-0.2, 0) is 14.3 Å². The number of likely N-dealkylation sites (tertiary alicyclic amines) is 1. The zero-order valence-corrected chi connectivity index (χ0v) is 8.93. The van der Waals surface area contributed by atoms with Crippen molar-refractivity contribution in [2.45, 2.75) is 18.9 Å². The molecule has 2 N–H and O–H groups in total. The van der Waals surface area contributed by atoms with Crippen LogP contribution in [-0.4, -0.2) is 54.2 Å². The minimum Gasteiger partial charge on any atom is -0.480 e. The van der Waals surface area contributed by atoms with E-state index in [9.17, 15) is 14.4 Å². The maximum absolute atomic E-state index is 11.7. The molecule has 2 amide bonds. The van der Waals surface area contributed by atoms with E-state index in [1.807, 2.05) is 0 Å². The Labute approximate surface area is 92.4 Å². The van der Waals surface area contributed by atoms with Gasteiger partial charge >= 0.3 is 12.1 Å². The third-order valence-electron chi connectivity index (χ3n) is 2.33. The molecule has 16 heavy (non-hydrogen) atoms. The van der Waals surface area contributed by atoms with Crippen molar-refractivity contribution in [2.75, 3.05) is 20.2 Å². The Morgan fingerprint density at radius 2 is 2.31 bits per heavy atom. The monoisotopic (exact) mass is 230 g/mol. The molecule has 0 aromatic rings. The summed E-state index contributed by atoms with van der Waals surface area (Å²) < 4.78 is 4.38. The van der Waals surface area contributed by atoms with Crippen molar-refractivity contribution in [2.24, 2.45) is 0 Å². The molecule has 1 aliphatic heterocycles. The second-order valence-corrected chi connectivity index (χ2v) is 3.48. The number of ether oxygens (including phenoxy) is 1. The van der Waals surface area contributed by atoms with Crippen LogP contribution in [0.2, 0.25) is 0 Å². The third kappa shape index (κ3) is 3.11. The molecule has 1 heterocycles. The summed E-state index contributed by atoms with van der Waals surface area (Å²) in [5.41, 5.74) is 0. The molecule has 1 atom stereocenters. The average Bonchev–Trinajstić information content (AvgIpc) is 2.23. The van der Waals surface area contributed by atoms with Gasteiger partial charge in [-0.15, -0.1) is 0 Å². The molecule has 1 aliphatic rings. The number of amides is 2. The molecular formula is C9H14N2O5. The number of hydrogen-bond donors (Lipinski definition) is 2. The molecule has 0 radical (unpaired) electrons. The maximum Gasteiger partial charge on any atom is 0.407 e. The van der Waals surface area contributed by atoms with Crippen molar-refractivity contribution in [1.82, 2.24) is 10.2 Å². The Hall–Kier alpha value is -1.79. The van der Waals surface area contributed by atoms with Crippen molar-refractivity contribution >= 4 is 18.0 Å². The Morgan fingerprint density at radius 3 is 2.88 bits per heavy atom. The number of alkyl carbamates (subject to hydrolysis) is 1. The fourth-order valence-corrected chi connectivity index (χ4v) is 1.60. The zero-order chi connectivity index (χ0) is 12.1. The van der Waals surface area contributed by atoms with E-state index < -0.39 is 18.1 Å². The summed E-state index contributed by atoms with van der Waals surface area (Å²) in [7, 11) is 1.21. The number of aliphatic carboxylic acids is 1. The first kappa shape index (κ1) is 12.3. The number of carbonyl (C=O) groups is 3. The van der Waals surface area contributed by atoms with Gasteiger partial charge in [0.2, 0.25) is 5.91 Å². The average molecular weight is 230 g/mol. The van der Waals surface area contributed by atoms with Gasteiger partial charge in [0.05, 0.1) is 7.11 Å². The fraction of sp³-hybridized carbons (Fsp3) is 0.667. The molecule has 1 rings (SSSR count). The van der Waals surface area contributed by atoms with Gasteiger partial charge in [0.25, 0.3) is 0 Å². The lowest BCUT2D eigenvalue weighted by molar-refractivity contribution is -0.146. The molecule has 7 heteroatoms. The van der Waals surface area contributed by atoms with Crippen LogP contribution < -0.4 is 5.32 Å². The topological polar surface area (TPSA) is 95.9 Å². The fourth-order valence-electron chi connectivity index (χ4n) is 1.60. The van der Waals surface area contributed by atoms with Crippen LogP contribution in [0.25, 0.3) is 0 Å². The number of carboxylic acids is 1. The summed E-state index contributed by atoms with van der Waals surface area (Å²) in [6.07, 6.45) is 0.480. The van der Waals surface area contributed by atoms with Crippen molar-refractivity contribution in [3.05, 3.63) is 0 Å². The lowest BCUT2D eigenvalue weighted by Gasteiger charge is -2.31. The quantitative estimate of drug-likeness (QED) is 0.676. The van der Waals surface area contributed by atoms with Gasteiger partial charge in [-0.2, -0.15) is 0 Å². The van der Waals surface area contributed by atoms with E-state index in [1.54, 1.807) is 0 Å². The summed E-state index contributed by atoms with van der Waals surface area (Å²) in [4.78, 5) is 34.3. The molecule has 0 bridgehead atoms. The van der Waals surface area contributed by atoms with Crippen LogP contribution in [0.15, 0.2) is 0 Å². The van der Waals surface area contributed by atoms with E-state index in [4.69, 9.17) is 5.11 Å². The van der Waals surface area contributed by atoms with Crippen LogP contribution in [0.3, 0.4) is 0 Å². The Morgan fingerprint density at radius 1 is 1.62 bits per heavy atom. The van der Waals surface area contributed by atoms with Gasteiger partial charge in [0, 0.05) is 6.54 Å². The second kappa shape index (κ2) is 5.34.